The second-order valence-electron chi connectivity index (χ2n) is 9.72. The maximum Gasteiger partial charge on any atom is 0.275 e. The number of ether oxygens (including phenoxy) is 1. The second-order valence-corrected chi connectivity index (χ2v) is 10.1. The van der Waals surface area contributed by atoms with Gasteiger partial charge in [0.05, 0.1) is 53.0 Å². The minimum Gasteiger partial charge on any atom is -0.377 e. The molecule has 1 aliphatic carbocycles. The molecule has 3 fully saturated rings. The molecule has 36 heavy (non-hydrogen) atoms. The summed E-state index contributed by atoms with van der Waals surface area (Å²) in [5.41, 5.74) is 2.43. The minimum absolute atomic E-state index is 0.108. The molecular formula is C24H25ClN10O. The van der Waals surface area contributed by atoms with Crippen molar-refractivity contribution in [3.63, 3.8) is 0 Å². The van der Waals surface area contributed by atoms with Crippen molar-refractivity contribution in [3.8, 4) is 6.07 Å². The third-order valence-electron chi connectivity index (χ3n) is 7.02. The number of piperazine rings is 1. The van der Waals surface area contributed by atoms with E-state index in [1.54, 1.807) is 6.07 Å². The van der Waals surface area contributed by atoms with Crippen molar-refractivity contribution in [1.29, 1.82) is 5.26 Å². The van der Waals surface area contributed by atoms with Gasteiger partial charge >= 0.3 is 0 Å². The van der Waals surface area contributed by atoms with E-state index in [0.29, 0.717) is 33.8 Å². The lowest BCUT2D eigenvalue weighted by molar-refractivity contribution is -0.131. The normalized spacial score (nSPS) is 19.4. The molecule has 1 aromatic carbocycles. The van der Waals surface area contributed by atoms with Crippen LogP contribution in [-0.4, -0.2) is 75.5 Å². The summed E-state index contributed by atoms with van der Waals surface area (Å²) in [6.45, 7) is 14.6. The van der Waals surface area contributed by atoms with Gasteiger partial charge in [-0.15, -0.1) is 4.52 Å². The Morgan fingerprint density at radius 1 is 1.25 bits per heavy atom. The van der Waals surface area contributed by atoms with Crippen LogP contribution in [0.25, 0.3) is 10.5 Å². The predicted molar refractivity (Wildman–Crippen MR) is 136 cm³/mol. The van der Waals surface area contributed by atoms with E-state index in [2.05, 4.69) is 53.3 Å². The lowest BCUT2D eigenvalue weighted by Gasteiger charge is -2.50. The molecule has 2 aromatic heterocycles. The maximum atomic E-state index is 9.71. The molecule has 0 unspecified atom stereocenters. The van der Waals surface area contributed by atoms with E-state index in [4.69, 9.17) is 22.9 Å². The lowest BCUT2D eigenvalue weighted by Crippen LogP contribution is -2.64. The molecule has 0 spiro atoms. The van der Waals surface area contributed by atoms with Gasteiger partial charge in [-0.3, -0.25) is 4.90 Å². The van der Waals surface area contributed by atoms with Crippen LogP contribution in [0.5, 0.6) is 0 Å². The molecule has 0 amide bonds. The quantitative estimate of drug-likeness (QED) is 0.487. The fourth-order valence-corrected chi connectivity index (χ4v) is 4.98. The van der Waals surface area contributed by atoms with Crippen LogP contribution in [0.3, 0.4) is 0 Å². The molecule has 4 heterocycles. The number of fused-ring (bicyclic) bond motifs is 1. The number of imidazole rings is 1. The summed E-state index contributed by atoms with van der Waals surface area (Å²) in [7, 11) is 0. The zero-order chi connectivity index (χ0) is 24.9. The van der Waals surface area contributed by atoms with Crippen LogP contribution in [-0.2, 0) is 4.74 Å². The maximum absolute atomic E-state index is 9.71. The van der Waals surface area contributed by atoms with Gasteiger partial charge in [-0.05, 0) is 31.9 Å². The zero-order valence-corrected chi connectivity index (χ0v) is 20.6. The van der Waals surface area contributed by atoms with Gasteiger partial charge in [-0.25, -0.2) is 4.98 Å². The third-order valence-corrected chi connectivity index (χ3v) is 7.41. The summed E-state index contributed by atoms with van der Waals surface area (Å²) in [5.74, 6) is 1.11. The van der Waals surface area contributed by atoms with E-state index in [-0.39, 0.29) is 17.3 Å². The largest absolute Gasteiger partial charge is 0.377 e. The number of nitriles is 1. The van der Waals surface area contributed by atoms with Crippen LogP contribution in [0.2, 0.25) is 5.02 Å². The monoisotopic (exact) mass is 504 g/mol. The van der Waals surface area contributed by atoms with Crippen molar-refractivity contribution < 1.29 is 4.74 Å². The first-order valence-corrected chi connectivity index (χ1v) is 12.3. The van der Waals surface area contributed by atoms with Gasteiger partial charge < -0.3 is 25.1 Å². The topological polar surface area (TPSA) is 111 Å². The van der Waals surface area contributed by atoms with Crippen molar-refractivity contribution in [1.82, 2.24) is 24.5 Å². The van der Waals surface area contributed by atoms with Gasteiger partial charge in [0, 0.05) is 32.2 Å². The highest BCUT2D eigenvalue weighted by Crippen LogP contribution is 2.37. The molecule has 2 N–H and O–H groups in total. The van der Waals surface area contributed by atoms with Crippen LogP contribution >= 0.6 is 11.6 Å². The predicted octanol–water partition coefficient (Wildman–Crippen LogP) is 3.43. The van der Waals surface area contributed by atoms with Gasteiger partial charge in [0.2, 0.25) is 0 Å². The van der Waals surface area contributed by atoms with E-state index >= 15 is 0 Å². The molecule has 1 saturated carbocycles. The van der Waals surface area contributed by atoms with Crippen LogP contribution < -0.4 is 15.5 Å². The molecule has 2 aliphatic heterocycles. The fraction of sp³-hybridized carbons (Fsp3) is 0.458. The Balaban J connectivity index is 1.30. The van der Waals surface area contributed by atoms with Crippen LogP contribution in [0.1, 0.15) is 25.3 Å². The third kappa shape index (κ3) is 4.05. The average Bonchev–Trinajstić information content (AvgIpc) is 3.59. The van der Waals surface area contributed by atoms with E-state index in [1.807, 2.05) is 6.07 Å². The minimum atomic E-state index is 0.108. The highest BCUT2D eigenvalue weighted by molar-refractivity contribution is 6.36. The van der Waals surface area contributed by atoms with Crippen molar-refractivity contribution in [3.05, 3.63) is 40.3 Å². The number of halogens is 1. The summed E-state index contributed by atoms with van der Waals surface area (Å²) >= 11 is 6.89. The van der Waals surface area contributed by atoms with Crippen molar-refractivity contribution in [2.75, 3.05) is 54.9 Å². The summed E-state index contributed by atoms with van der Waals surface area (Å²) in [5, 5.41) is 21.3. The smallest absolute Gasteiger partial charge is 0.275 e. The molecule has 12 heteroatoms. The molecule has 0 radical (unpaired) electrons. The Morgan fingerprint density at radius 2 is 2.03 bits per heavy atom. The number of benzene rings is 1. The van der Waals surface area contributed by atoms with E-state index in [0.717, 1.165) is 57.9 Å². The first kappa shape index (κ1) is 22.8. The van der Waals surface area contributed by atoms with Crippen LogP contribution in [0.4, 0.5) is 29.0 Å². The van der Waals surface area contributed by atoms with E-state index in [9.17, 15) is 5.26 Å². The van der Waals surface area contributed by atoms with Crippen LogP contribution in [0, 0.1) is 17.9 Å². The number of nitrogens with one attached hydrogen (secondary N) is 2. The van der Waals surface area contributed by atoms with Gasteiger partial charge in [0.25, 0.3) is 17.4 Å². The lowest BCUT2D eigenvalue weighted by atomic mass is 9.97. The fourth-order valence-electron chi connectivity index (χ4n) is 4.70. The summed E-state index contributed by atoms with van der Waals surface area (Å²) < 4.78 is 6.91. The molecule has 6 rings (SSSR count). The standard InChI is InChI=1S/C24H25ClN10O/c1-24(13-36-14-24)34-7-5-33(6-8-34)18-10-15(11-26)9-17(20(18)25)30-23-31-21(29-16-3-4-16)22-28-12-19(27-2)35(22)32-23/h9-10,12,16H,3-8,13-14H2,1H3,(H2,29,30,31,32). The number of anilines is 4. The first-order valence-electron chi connectivity index (χ1n) is 12.0. The molecule has 184 valence electrons. The Hall–Kier alpha value is -3.64. The second kappa shape index (κ2) is 8.79. The summed E-state index contributed by atoms with van der Waals surface area (Å²) in [4.78, 5) is 17.1. The zero-order valence-electron chi connectivity index (χ0n) is 19.8. The Labute approximate surface area is 213 Å². The molecule has 0 atom stereocenters. The number of hydrogen-bond donors (Lipinski definition) is 2. The molecule has 11 nitrogen and oxygen atoms in total. The van der Waals surface area contributed by atoms with Gasteiger partial charge in [-0.1, -0.05) is 23.3 Å². The summed E-state index contributed by atoms with van der Waals surface area (Å²) in [6.07, 6.45) is 3.61. The highest BCUT2D eigenvalue weighted by Gasteiger charge is 2.40. The highest BCUT2D eigenvalue weighted by atomic mass is 35.5. The van der Waals surface area contributed by atoms with Crippen molar-refractivity contribution >= 4 is 46.2 Å². The Kier molecular flexibility index (Phi) is 5.56. The number of aromatic nitrogens is 4. The van der Waals surface area contributed by atoms with Gasteiger partial charge in [-0.2, -0.15) is 10.2 Å². The summed E-state index contributed by atoms with van der Waals surface area (Å²) in [6, 6.07) is 6.10. The van der Waals surface area contributed by atoms with E-state index < -0.39 is 0 Å². The van der Waals surface area contributed by atoms with Crippen molar-refractivity contribution in [2.45, 2.75) is 31.3 Å². The average molecular weight is 505 g/mol. The molecule has 0 bridgehead atoms. The number of rotatable bonds is 6. The Morgan fingerprint density at radius 3 is 2.67 bits per heavy atom. The van der Waals surface area contributed by atoms with Gasteiger partial charge in [0.15, 0.2) is 5.82 Å². The van der Waals surface area contributed by atoms with E-state index in [1.165, 1.54) is 10.7 Å². The molecular weight excluding hydrogens is 480 g/mol. The van der Waals surface area contributed by atoms with Crippen LogP contribution in [0.15, 0.2) is 18.3 Å². The van der Waals surface area contributed by atoms with Crippen molar-refractivity contribution in [2.24, 2.45) is 0 Å². The Bertz CT molecular complexity index is 1410. The first-order chi connectivity index (χ1) is 17.5. The number of hydrogen-bond acceptors (Lipinski definition) is 9. The SMILES string of the molecule is [C-]#[N+]c1cnc2c(NC3CC3)nc(Nc3cc(C#N)cc(N4CCN(C5(C)COC5)CC4)c3Cl)nn12. The molecule has 2 saturated heterocycles. The van der Waals surface area contributed by atoms with Gasteiger partial charge in [0.1, 0.15) is 0 Å². The molecule has 3 aliphatic rings. The number of nitrogens with zero attached hydrogens (tertiary/aromatic N) is 8. The molecule has 3 aromatic rings.